The number of halogens is 1. The van der Waals surface area contributed by atoms with Crippen molar-refractivity contribution >= 4 is 17.6 Å². The minimum Gasteiger partial charge on any atom is -0.449 e. The normalized spacial score (nSPS) is 15.6. The Labute approximate surface area is 163 Å². The van der Waals surface area contributed by atoms with Crippen LogP contribution in [0.25, 0.3) is 0 Å². The number of carbonyl (C=O) groups excluding carboxylic acids is 2. The van der Waals surface area contributed by atoms with Crippen LogP contribution in [-0.2, 0) is 20.8 Å². The van der Waals surface area contributed by atoms with Crippen LogP contribution in [0, 0.1) is 5.82 Å². The molecule has 1 heterocycles. The highest BCUT2D eigenvalue weighted by Gasteiger charge is 2.20. The molecular weight excluding hydrogens is 363 g/mol. The van der Waals surface area contributed by atoms with E-state index in [2.05, 4.69) is 10.2 Å². The Bertz CT molecular complexity index is 819. The molecule has 3 rings (SSSR count). The number of anilines is 1. The molecule has 1 saturated heterocycles. The van der Waals surface area contributed by atoms with Crippen LogP contribution in [0.1, 0.15) is 22.8 Å². The number of morpholine rings is 1. The fourth-order valence-corrected chi connectivity index (χ4v) is 2.84. The number of rotatable bonds is 6. The van der Waals surface area contributed by atoms with Crippen LogP contribution >= 0.6 is 0 Å². The molecule has 1 fully saturated rings. The molecule has 1 atom stereocenters. The number of ether oxygens (including phenoxy) is 2. The van der Waals surface area contributed by atoms with Crippen LogP contribution in [0.2, 0.25) is 0 Å². The Morgan fingerprint density at radius 1 is 1.14 bits per heavy atom. The van der Waals surface area contributed by atoms with Crippen molar-refractivity contribution in [1.29, 1.82) is 0 Å². The number of carbonyl (C=O) groups is 2. The Hall–Kier alpha value is -2.77. The van der Waals surface area contributed by atoms with Crippen molar-refractivity contribution in [1.82, 2.24) is 4.90 Å². The van der Waals surface area contributed by atoms with Gasteiger partial charge in [-0.25, -0.2) is 9.18 Å². The van der Waals surface area contributed by atoms with Crippen LogP contribution in [-0.4, -0.2) is 49.2 Å². The van der Waals surface area contributed by atoms with Gasteiger partial charge in [0.05, 0.1) is 24.5 Å². The highest BCUT2D eigenvalue weighted by Crippen LogP contribution is 2.14. The maximum Gasteiger partial charge on any atom is 0.338 e. The summed E-state index contributed by atoms with van der Waals surface area (Å²) in [4.78, 5) is 26.7. The minimum absolute atomic E-state index is 0.0443. The number of benzene rings is 2. The molecule has 1 amide bonds. The number of nitrogens with zero attached hydrogens (tertiary/aromatic N) is 1. The molecule has 0 saturated carbocycles. The van der Waals surface area contributed by atoms with E-state index in [-0.39, 0.29) is 5.69 Å². The lowest BCUT2D eigenvalue weighted by Crippen LogP contribution is -2.35. The van der Waals surface area contributed by atoms with Gasteiger partial charge in [-0.15, -0.1) is 0 Å². The highest BCUT2D eigenvalue weighted by molar-refractivity contribution is 5.97. The SMILES string of the molecule is C[C@@H](OC(=O)c1ccc(CN2CCOCC2)cc1)C(=O)Nc1ccccc1F. The second-order valence-electron chi connectivity index (χ2n) is 6.60. The van der Waals surface area contributed by atoms with E-state index in [4.69, 9.17) is 9.47 Å². The molecule has 2 aromatic rings. The summed E-state index contributed by atoms with van der Waals surface area (Å²) in [6.07, 6.45) is -1.06. The molecule has 0 unspecified atom stereocenters. The summed E-state index contributed by atoms with van der Waals surface area (Å²) < 4.78 is 24.1. The van der Waals surface area contributed by atoms with Gasteiger partial charge in [-0.2, -0.15) is 0 Å². The second kappa shape index (κ2) is 9.43. The molecule has 1 N–H and O–H groups in total. The first-order chi connectivity index (χ1) is 13.5. The number of hydrogen-bond donors (Lipinski definition) is 1. The third kappa shape index (κ3) is 5.37. The fourth-order valence-electron chi connectivity index (χ4n) is 2.84. The molecule has 1 aliphatic rings. The van der Waals surface area contributed by atoms with Gasteiger partial charge in [0.15, 0.2) is 6.10 Å². The number of hydrogen-bond acceptors (Lipinski definition) is 5. The van der Waals surface area contributed by atoms with Crippen molar-refractivity contribution in [2.75, 3.05) is 31.6 Å². The smallest absolute Gasteiger partial charge is 0.338 e. The fraction of sp³-hybridized carbons (Fsp3) is 0.333. The van der Waals surface area contributed by atoms with Crippen LogP contribution in [0.5, 0.6) is 0 Å². The topological polar surface area (TPSA) is 67.9 Å². The molecule has 0 spiro atoms. The molecule has 0 bridgehead atoms. The highest BCUT2D eigenvalue weighted by atomic mass is 19.1. The molecule has 0 aromatic heterocycles. The van der Waals surface area contributed by atoms with E-state index in [1.165, 1.54) is 25.1 Å². The number of nitrogens with one attached hydrogen (secondary N) is 1. The summed E-state index contributed by atoms with van der Waals surface area (Å²) >= 11 is 0. The predicted octanol–water partition coefficient (Wildman–Crippen LogP) is 2.84. The zero-order chi connectivity index (χ0) is 19.9. The molecule has 7 heteroatoms. The molecule has 2 aromatic carbocycles. The average molecular weight is 386 g/mol. The van der Waals surface area contributed by atoms with Gasteiger partial charge in [0.25, 0.3) is 5.91 Å². The molecule has 148 valence electrons. The van der Waals surface area contributed by atoms with Gasteiger partial charge in [0.1, 0.15) is 5.82 Å². The minimum atomic E-state index is -1.06. The van der Waals surface area contributed by atoms with Gasteiger partial charge < -0.3 is 14.8 Å². The summed E-state index contributed by atoms with van der Waals surface area (Å²) in [7, 11) is 0. The van der Waals surface area contributed by atoms with E-state index in [0.717, 1.165) is 38.4 Å². The van der Waals surface area contributed by atoms with E-state index in [0.29, 0.717) is 5.56 Å². The first-order valence-electron chi connectivity index (χ1n) is 9.18. The Morgan fingerprint density at radius 2 is 1.82 bits per heavy atom. The van der Waals surface area contributed by atoms with E-state index >= 15 is 0 Å². The van der Waals surface area contributed by atoms with Gasteiger partial charge >= 0.3 is 5.97 Å². The zero-order valence-corrected chi connectivity index (χ0v) is 15.7. The van der Waals surface area contributed by atoms with Crippen molar-refractivity contribution in [3.05, 3.63) is 65.5 Å². The van der Waals surface area contributed by atoms with Crippen LogP contribution < -0.4 is 5.32 Å². The standard InChI is InChI=1S/C21H23FN2O4/c1-15(20(25)23-19-5-3-2-4-18(19)22)28-21(26)17-8-6-16(7-9-17)14-24-10-12-27-13-11-24/h2-9,15H,10-14H2,1H3,(H,23,25)/t15-/m1/s1. The van der Waals surface area contributed by atoms with Gasteiger partial charge in [-0.05, 0) is 36.8 Å². The van der Waals surface area contributed by atoms with Gasteiger partial charge in [0, 0.05) is 19.6 Å². The predicted molar refractivity (Wildman–Crippen MR) is 102 cm³/mol. The lowest BCUT2D eigenvalue weighted by molar-refractivity contribution is -0.123. The lowest BCUT2D eigenvalue weighted by atomic mass is 10.1. The monoisotopic (exact) mass is 386 g/mol. The number of amides is 1. The Kier molecular flexibility index (Phi) is 6.73. The van der Waals surface area contributed by atoms with Crippen LogP contribution in [0.15, 0.2) is 48.5 Å². The van der Waals surface area contributed by atoms with Crippen molar-refractivity contribution in [3.63, 3.8) is 0 Å². The van der Waals surface area contributed by atoms with E-state index in [9.17, 15) is 14.0 Å². The number of esters is 1. The quantitative estimate of drug-likeness (QED) is 0.774. The van der Waals surface area contributed by atoms with Gasteiger partial charge in [-0.1, -0.05) is 24.3 Å². The first kappa shape index (κ1) is 20.0. The average Bonchev–Trinajstić information content (AvgIpc) is 2.71. The van der Waals surface area contributed by atoms with Gasteiger partial charge in [0.2, 0.25) is 0 Å². The van der Waals surface area contributed by atoms with Gasteiger partial charge in [-0.3, -0.25) is 9.69 Å². The van der Waals surface area contributed by atoms with Crippen molar-refractivity contribution < 1.29 is 23.5 Å². The largest absolute Gasteiger partial charge is 0.449 e. The van der Waals surface area contributed by atoms with E-state index < -0.39 is 23.8 Å². The third-order valence-corrected chi connectivity index (χ3v) is 4.48. The maximum atomic E-state index is 13.6. The third-order valence-electron chi connectivity index (χ3n) is 4.48. The summed E-state index contributed by atoms with van der Waals surface area (Å²) in [6.45, 7) is 5.48. The van der Waals surface area contributed by atoms with E-state index in [1.807, 2.05) is 12.1 Å². The zero-order valence-electron chi connectivity index (χ0n) is 15.7. The van der Waals surface area contributed by atoms with Crippen molar-refractivity contribution in [2.45, 2.75) is 19.6 Å². The van der Waals surface area contributed by atoms with Crippen molar-refractivity contribution in [3.8, 4) is 0 Å². The molecular formula is C21H23FN2O4. The number of para-hydroxylation sites is 1. The van der Waals surface area contributed by atoms with Crippen LogP contribution in [0.3, 0.4) is 0 Å². The van der Waals surface area contributed by atoms with Crippen molar-refractivity contribution in [2.24, 2.45) is 0 Å². The Morgan fingerprint density at radius 3 is 2.50 bits per heavy atom. The molecule has 0 aliphatic carbocycles. The molecule has 0 radical (unpaired) electrons. The van der Waals surface area contributed by atoms with E-state index in [1.54, 1.807) is 18.2 Å². The first-order valence-corrected chi connectivity index (χ1v) is 9.18. The molecule has 28 heavy (non-hydrogen) atoms. The molecule has 6 nitrogen and oxygen atoms in total. The maximum absolute atomic E-state index is 13.6. The summed E-state index contributed by atoms with van der Waals surface area (Å²) in [5, 5.41) is 2.41. The second-order valence-corrected chi connectivity index (χ2v) is 6.60. The Balaban J connectivity index is 1.53. The summed E-state index contributed by atoms with van der Waals surface area (Å²) in [6, 6.07) is 12.9. The summed E-state index contributed by atoms with van der Waals surface area (Å²) in [5.74, 6) is -1.75. The van der Waals surface area contributed by atoms with Crippen LogP contribution in [0.4, 0.5) is 10.1 Å². The summed E-state index contributed by atoms with van der Waals surface area (Å²) in [5.41, 5.74) is 1.49. The lowest BCUT2D eigenvalue weighted by Gasteiger charge is -2.26. The molecule has 1 aliphatic heterocycles.